The molecule has 0 radical (unpaired) electrons. The number of amides is 3. The molecule has 5 atom stereocenters. The third-order valence-electron chi connectivity index (χ3n) is 8.75. The molecule has 0 unspecified atom stereocenters. The Morgan fingerprint density at radius 1 is 1.20 bits per heavy atom. The van der Waals surface area contributed by atoms with E-state index < -0.39 is 41.7 Å². The Kier molecular flexibility index (Phi) is 9.79. The van der Waals surface area contributed by atoms with Crippen LogP contribution in [0.15, 0.2) is 36.4 Å². The van der Waals surface area contributed by atoms with Crippen molar-refractivity contribution in [3.05, 3.63) is 42.0 Å². The number of benzene rings is 1. The zero-order valence-electron chi connectivity index (χ0n) is 26.0. The predicted octanol–water partition coefficient (Wildman–Crippen LogP) is 3.88. The number of aliphatic carboxylic acids is 1. The molecule has 2 fully saturated rings. The molecule has 3 amide bonds. The number of allylic oxidation sites excluding steroid dienone is 1. The minimum Gasteiger partial charge on any atom is -0.488 e. The van der Waals surface area contributed by atoms with Crippen molar-refractivity contribution < 1.29 is 38.5 Å². The van der Waals surface area contributed by atoms with E-state index in [4.69, 9.17) is 14.2 Å². The number of para-hydroxylation sites is 1. The van der Waals surface area contributed by atoms with Crippen LogP contribution in [0.5, 0.6) is 11.6 Å². The second-order valence-corrected chi connectivity index (χ2v) is 12.0. The maximum atomic E-state index is 13.9. The average molecular weight is 623 g/mol. The fourth-order valence-corrected chi connectivity index (χ4v) is 6.32. The van der Waals surface area contributed by atoms with Crippen molar-refractivity contribution in [2.75, 3.05) is 19.8 Å². The van der Waals surface area contributed by atoms with Gasteiger partial charge in [0.1, 0.15) is 23.4 Å². The van der Waals surface area contributed by atoms with E-state index in [-0.39, 0.29) is 37.8 Å². The highest BCUT2D eigenvalue weighted by molar-refractivity contribution is 5.95. The van der Waals surface area contributed by atoms with Crippen molar-refractivity contribution >= 4 is 34.8 Å². The molecule has 2 aromatic rings. The number of rotatable bonds is 7. The summed E-state index contributed by atoms with van der Waals surface area (Å²) in [6, 6.07) is 6.01. The fourth-order valence-electron chi connectivity index (χ4n) is 6.32. The maximum absolute atomic E-state index is 13.9. The smallest absolute Gasteiger partial charge is 0.407 e. The first-order valence-corrected chi connectivity index (χ1v) is 15.8. The van der Waals surface area contributed by atoms with Gasteiger partial charge in [0.05, 0.1) is 25.3 Å². The van der Waals surface area contributed by atoms with Crippen LogP contribution < -0.4 is 20.1 Å². The second kappa shape index (κ2) is 13.7. The van der Waals surface area contributed by atoms with Gasteiger partial charge in [-0.1, -0.05) is 30.7 Å². The largest absolute Gasteiger partial charge is 0.488 e. The van der Waals surface area contributed by atoms with Gasteiger partial charge >= 0.3 is 12.1 Å². The summed E-state index contributed by atoms with van der Waals surface area (Å²) < 4.78 is 17.3. The summed E-state index contributed by atoms with van der Waals surface area (Å²) >= 11 is 0. The first-order chi connectivity index (χ1) is 21.6. The van der Waals surface area contributed by atoms with Crippen LogP contribution in [-0.2, 0) is 19.1 Å². The number of nitrogens with one attached hydrogen (secondary N) is 2. The molecule has 12 nitrogen and oxygen atoms in total. The monoisotopic (exact) mass is 622 g/mol. The quantitative estimate of drug-likeness (QED) is 0.390. The van der Waals surface area contributed by atoms with Gasteiger partial charge in [0, 0.05) is 36.3 Å². The number of ether oxygens (including phenoxy) is 3. The first kappa shape index (κ1) is 32.1. The summed E-state index contributed by atoms with van der Waals surface area (Å²) in [5, 5.41) is 16.4. The predicted molar refractivity (Wildman–Crippen MR) is 165 cm³/mol. The fraction of sp³-hybridized carbons (Fsp3) is 0.545. The number of carbonyl (C=O) groups excluding carboxylic acids is 3. The van der Waals surface area contributed by atoms with Gasteiger partial charge in [-0.05, 0) is 58.1 Å². The third kappa shape index (κ3) is 7.15. The van der Waals surface area contributed by atoms with E-state index in [1.807, 2.05) is 44.2 Å². The Balaban J connectivity index is 1.44. The summed E-state index contributed by atoms with van der Waals surface area (Å²) in [7, 11) is 0. The topological polar surface area (TPSA) is 156 Å². The number of pyridine rings is 1. The van der Waals surface area contributed by atoms with Crippen LogP contribution in [0.4, 0.5) is 4.79 Å². The minimum absolute atomic E-state index is 0.0380. The van der Waals surface area contributed by atoms with Gasteiger partial charge < -0.3 is 34.9 Å². The number of hydrogen-bond acceptors (Lipinski definition) is 8. The summed E-state index contributed by atoms with van der Waals surface area (Å²) in [5.41, 5.74) is 0.268. The van der Waals surface area contributed by atoms with Crippen LogP contribution in [0.2, 0.25) is 0 Å². The number of hydrogen-bond donors (Lipinski definition) is 3. The van der Waals surface area contributed by atoms with Crippen LogP contribution in [0.3, 0.4) is 0 Å². The molecule has 242 valence electrons. The molecule has 1 aromatic heterocycles. The lowest BCUT2D eigenvalue weighted by atomic mass is 10.0. The van der Waals surface area contributed by atoms with Crippen LogP contribution in [-0.4, -0.2) is 82.4 Å². The molecule has 3 heterocycles. The van der Waals surface area contributed by atoms with Crippen molar-refractivity contribution in [2.24, 2.45) is 5.92 Å². The number of alkyl carbamates (subject to hydrolysis) is 1. The molecule has 3 aliphatic rings. The van der Waals surface area contributed by atoms with E-state index in [9.17, 15) is 24.3 Å². The van der Waals surface area contributed by atoms with E-state index in [1.54, 1.807) is 13.0 Å². The molecule has 3 N–H and O–H groups in total. The van der Waals surface area contributed by atoms with E-state index in [1.165, 1.54) is 4.90 Å². The van der Waals surface area contributed by atoms with E-state index >= 15 is 0 Å². The molecule has 2 aliphatic heterocycles. The highest BCUT2D eigenvalue weighted by Gasteiger charge is 2.61. The van der Waals surface area contributed by atoms with Crippen LogP contribution >= 0.6 is 0 Å². The standard InChI is InChI=1S/C33H42N4O8/c1-4-43-27-17-26(24-14-10-11-20(3)29(24)35-27)45-23-16-25-30(39)36-33(31(40)41)18-21(33)12-8-6-7-9-13-22(34-32(42)44-5-2)15-28(38)37(25)19-23/h8,10-12,14,17,21-23,25H,4-7,9,13,15-16,18-19H2,1-3H3,(H,34,42)(H,36,39)(H,40,41)/b12-8-/t21-,22+,23-,25+,33-/m1/s1. The number of fused-ring (bicyclic) bond motifs is 3. The lowest BCUT2D eigenvalue weighted by molar-refractivity contribution is -0.145. The molecule has 1 saturated heterocycles. The second-order valence-electron chi connectivity index (χ2n) is 12.0. The molecular weight excluding hydrogens is 580 g/mol. The lowest BCUT2D eigenvalue weighted by Gasteiger charge is -2.27. The van der Waals surface area contributed by atoms with E-state index in [2.05, 4.69) is 15.6 Å². The number of carbonyl (C=O) groups is 4. The van der Waals surface area contributed by atoms with Crippen molar-refractivity contribution in [2.45, 2.75) is 89.4 Å². The molecule has 1 aliphatic carbocycles. The summed E-state index contributed by atoms with van der Waals surface area (Å²) in [5.74, 6) is -1.38. The van der Waals surface area contributed by atoms with Crippen molar-refractivity contribution in [1.29, 1.82) is 0 Å². The van der Waals surface area contributed by atoms with Gasteiger partial charge in [-0.2, -0.15) is 0 Å². The molecule has 12 heteroatoms. The molecule has 0 bridgehead atoms. The van der Waals surface area contributed by atoms with Crippen LogP contribution in [0.25, 0.3) is 10.9 Å². The van der Waals surface area contributed by atoms with Gasteiger partial charge in [-0.25, -0.2) is 14.6 Å². The van der Waals surface area contributed by atoms with Gasteiger partial charge in [-0.15, -0.1) is 0 Å². The van der Waals surface area contributed by atoms with Crippen LogP contribution in [0.1, 0.15) is 64.4 Å². The Labute approximate surface area is 262 Å². The normalized spacial score (nSPS) is 27.7. The van der Waals surface area contributed by atoms with Gasteiger partial charge in [0.25, 0.3) is 0 Å². The number of aromatic nitrogens is 1. The summed E-state index contributed by atoms with van der Waals surface area (Å²) in [6.45, 7) is 6.24. The van der Waals surface area contributed by atoms with Gasteiger partial charge in [-0.3, -0.25) is 9.59 Å². The zero-order chi connectivity index (χ0) is 32.1. The number of carboxylic acids is 1. The molecule has 0 spiro atoms. The third-order valence-corrected chi connectivity index (χ3v) is 8.75. The van der Waals surface area contributed by atoms with E-state index in [0.29, 0.717) is 31.1 Å². The Bertz CT molecular complexity index is 1480. The number of carboxylic acid groups (broad SMARTS) is 1. The summed E-state index contributed by atoms with van der Waals surface area (Å²) in [4.78, 5) is 58.4. The number of aryl methyl sites for hydroxylation is 1. The lowest BCUT2D eigenvalue weighted by Crippen LogP contribution is -2.53. The SMILES string of the molecule is CCOC(=O)N[C@H]1CCCC/C=C\[C@@H]2C[C@@]2(C(=O)O)NC(=O)[C@@H]2C[C@@H](Oc3cc(OCC)nc4c(C)cccc34)CN2C(=O)C1. The maximum Gasteiger partial charge on any atom is 0.407 e. The van der Waals surface area contributed by atoms with Gasteiger partial charge in [0.15, 0.2) is 0 Å². The first-order valence-electron chi connectivity index (χ1n) is 15.8. The Morgan fingerprint density at radius 2 is 2.02 bits per heavy atom. The van der Waals surface area contributed by atoms with Crippen molar-refractivity contribution in [3.8, 4) is 11.6 Å². The Morgan fingerprint density at radius 3 is 2.78 bits per heavy atom. The zero-order valence-corrected chi connectivity index (χ0v) is 26.0. The Hall–Kier alpha value is -4.35. The molecule has 1 aromatic carbocycles. The molecule has 45 heavy (non-hydrogen) atoms. The highest BCUT2D eigenvalue weighted by Crippen LogP contribution is 2.45. The molecule has 5 rings (SSSR count). The highest BCUT2D eigenvalue weighted by atomic mass is 16.5. The minimum atomic E-state index is -1.40. The van der Waals surface area contributed by atoms with Gasteiger partial charge in [0.2, 0.25) is 17.7 Å². The average Bonchev–Trinajstić information content (AvgIpc) is 3.52. The molecule has 1 saturated carbocycles. The summed E-state index contributed by atoms with van der Waals surface area (Å²) in [6.07, 6.45) is 5.86. The van der Waals surface area contributed by atoms with Crippen molar-refractivity contribution in [1.82, 2.24) is 20.5 Å². The molecular formula is C33H42N4O8. The van der Waals surface area contributed by atoms with Crippen LogP contribution in [0, 0.1) is 12.8 Å². The van der Waals surface area contributed by atoms with Crippen molar-refractivity contribution in [3.63, 3.8) is 0 Å². The van der Waals surface area contributed by atoms with E-state index in [0.717, 1.165) is 35.7 Å². The number of nitrogens with zero attached hydrogens (tertiary/aromatic N) is 2.